The largest absolute Gasteiger partial charge is 0.344 e. The number of amides is 1. The summed E-state index contributed by atoms with van der Waals surface area (Å²) in [5.41, 5.74) is 0. The van der Waals surface area contributed by atoms with Crippen molar-refractivity contribution in [3.8, 4) is 0 Å². The molecule has 108 valence electrons. The molecule has 0 aromatic carbocycles. The maximum Gasteiger partial charge on any atom is 0.239 e. The van der Waals surface area contributed by atoms with E-state index < -0.39 is 0 Å². The minimum Gasteiger partial charge on any atom is -0.344 e. The first-order valence-electron chi connectivity index (χ1n) is 8.24. The average Bonchev–Trinajstić information content (AvgIpc) is 3.01. The molecular weight excluding hydrogens is 236 g/mol. The van der Waals surface area contributed by atoms with Crippen molar-refractivity contribution < 1.29 is 4.79 Å². The minimum atomic E-state index is 0.126. The van der Waals surface area contributed by atoms with Gasteiger partial charge in [-0.25, -0.2) is 0 Å². The highest BCUT2D eigenvalue weighted by molar-refractivity contribution is 5.82. The molecule has 3 nitrogen and oxygen atoms in total. The van der Waals surface area contributed by atoms with Crippen LogP contribution in [-0.2, 0) is 4.79 Å². The number of carbonyl (C=O) groups excluding carboxylic acids is 1. The van der Waals surface area contributed by atoms with Crippen LogP contribution >= 0.6 is 0 Å². The van der Waals surface area contributed by atoms with Crippen molar-refractivity contribution in [2.24, 2.45) is 17.8 Å². The summed E-state index contributed by atoms with van der Waals surface area (Å²) in [7, 11) is 2.01. The van der Waals surface area contributed by atoms with E-state index in [1.54, 1.807) is 0 Å². The topological polar surface area (TPSA) is 32.3 Å². The zero-order chi connectivity index (χ0) is 13.2. The Hall–Kier alpha value is -0.570. The molecule has 3 rings (SSSR count). The number of likely N-dealkylation sites (N-methyl/N-ethyl adjacent to an activating group) is 1. The third kappa shape index (κ3) is 2.81. The zero-order valence-electron chi connectivity index (χ0n) is 12.2. The van der Waals surface area contributed by atoms with Gasteiger partial charge in [-0.1, -0.05) is 25.7 Å². The fraction of sp³-hybridized carbons (Fsp3) is 0.938. The van der Waals surface area contributed by atoms with Crippen LogP contribution in [0.1, 0.15) is 51.4 Å². The molecule has 3 fully saturated rings. The predicted octanol–water partition coefficient (Wildman–Crippen LogP) is 2.41. The summed E-state index contributed by atoms with van der Waals surface area (Å²) in [6, 6.07) is 0.126. The Bertz CT molecular complexity index is 325. The average molecular weight is 264 g/mol. The molecule has 3 heteroatoms. The SMILES string of the molecule is CN(CC1CCCCC1)C(=O)C1NCC2CCCC21. The molecule has 3 unspecified atom stereocenters. The first-order chi connectivity index (χ1) is 9.25. The van der Waals surface area contributed by atoms with E-state index in [4.69, 9.17) is 0 Å². The summed E-state index contributed by atoms with van der Waals surface area (Å²) in [5.74, 6) is 2.52. The summed E-state index contributed by atoms with van der Waals surface area (Å²) < 4.78 is 0. The monoisotopic (exact) mass is 264 g/mol. The van der Waals surface area contributed by atoms with Crippen molar-refractivity contribution in [2.45, 2.75) is 57.4 Å². The third-order valence-corrected chi connectivity index (χ3v) is 5.65. The Kier molecular flexibility index (Phi) is 4.11. The van der Waals surface area contributed by atoms with Crippen LogP contribution in [0.25, 0.3) is 0 Å². The van der Waals surface area contributed by atoms with Gasteiger partial charge in [-0.15, -0.1) is 0 Å². The lowest BCUT2D eigenvalue weighted by Gasteiger charge is -2.30. The van der Waals surface area contributed by atoms with E-state index in [1.807, 2.05) is 11.9 Å². The summed E-state index contributed by atoms with van der Waals surface area (Å²) >= 11 is 0. The van der Waals surface area contributed by atoms with Crippen LogP contribution in [0, 0.1) is 17.8 Å². The first kappa shape index (κ1) is 13.4. The molecular formula is C16H28N2O. The van der Waals surface area contributed by atoms with Gasteiger partial charge in [0.1, 0.15) is 0 Å². The van der Waals surface area contributed by atoms with Crippen molar-refractivity contribution in [3.63, 3.8) is 0 Å². The van der Waals surface area contributed by atoms with Gasteiger partial charge in [-0.3, -0.25) is 4.79 Å². The van der Waals surface area contributed by atoms with E-state index in [9.17, 15) is 4.79 Å². The highest BCUT2D eigenvalue weighted by Crippen LogP contribution is 2.38. The van der Waals surface area contributed by atoms with Gasteiger partial charge in [0.2, 0.25) is 5.91 Å². The molecule has 3 atom stereocenters. The number of carbonyl (C=O) groups is 1. The third-order valence-electron chi connectivity index (χ3n) is 5.65. The van der Waals surface area contributed by atoms with Crippen LogP contribution in [0.4, 0.5) is 0 Å². The van der Waals surface area contributed by atoms with Crippen LogP contribution in [0.3, 0.4) is 0 Å². The molecule has 2 aliphatic carbocycles. The number of hydrogen-bond acceptors (Lipinski definition) is 2. The maximum atomic E-state index is 12.6. The normalized spacial score (nSPS) is 35.3. The lowest BCUT2D eigenvalue weighted by Crippen LogP contribution is -2.46. The van der Waals surface area contributed by atoms with Crippen LogP contribution in [-0.4, -0.2) is 37.0 Å². The van der Waals surface area contributed by atoms with Crippen LogP contribution in [0.15, 0.2) is 0 Å². The number of fused-ring (bicyclic) bond motifs is 1. The smallest absolute Gasteiger partial charge is 0.239 e. The second-order valence-corrected chi connectivity index (χ2v) is 6.96. The van der Waals surface area contributed by atoms with Gasteiger partial charge in [-0.05, 0) is 50.0 Å². The van der Waals surface area contributed by atoms with Crippen LogP contribution in [0.2, 0.25) is 0 Å². The first-order valence-corrected chi connectivity index (χ1v) is 8.24. The van der Waals surface area contributed by atoms with Crippen LogP contribution in [0.5, 0.6) is 0 Å². The number of rotatable bonds is 3. The number of nitrogens with one attached hydrogen (secondary N) is 1. The highest BCUT2D eigenvalue weighted by Gasteiger charge is 2.43. The van der Waals surface area contributed by atoms with Gasteiger partial charge in [0.05, 0.1) is 6.04 Å². The summed E-state index contributed by atoms with van der Waals surface area (Å²) in [6.07, 6.45) is 10.7. The molecule has 0 aromatic rings. The fourth-order valence-electron chi connectivity index (χ4n) is 4.54. The van der Waals surface area contributed by atoms with E-state index in [2.05, 4.69) is 5.32 Å². The molecule has 3 aliphatic rings. The molecule has 0 spiro atoms. The van der Waals surface area contributed by atoms with Gasteiger partial charge in [0, 0.05) is 13.6 Å². The number of hydrogen-bond donors (Lipinski definition) is 1. The van der Waals surface area contributed by atoms with E-state index >= 15 is 0 Å². The quantitative estimate of drug-likeness (QED) is 0.849. The minimum absolute atomic E-state index is 0.126. The Morgan fingerprint density at radius 1 is 1.11 bits per heavy atom. The predicted molar refractivity (Wildman–Crippen MR) is 76.8 cm³/mol. The second kappa shape index (κ2) is 5.82. The molecule has 1 N–H and O–H groups in total. The highest BCUT2D eigenvalue weighted by atomic mass is 16.2. The van der Waals surface area contributed by atoms with E-state index in [-0.39, 0.29) is 6.04 Å². The van der Waals surface area contributed by atoms with Gasteiger partial charge in [0.15, 0.2) is 0 Å². The van der Waals surface area contributed by atoms with Crippen molar-refractivity contribution >= 4 is 5.91 Å². The summed E-state index contributed by atoms with van der Waals surface area (Å²) in [5, 5.41) is 3.49. The van der Waals surface area contributed by atoms with Gasteiger partial charge >= 0.3 is 0 Å². The maximum absolute atomic E-state index is 12.6. The van der Waals surface area contributed by atoms with E-state index in [0.29, 0.717) is 11.8 Å². The van der Waals surface area contributed by atoms with Crippen molar-refractivity contribution in [1.82, 2.24) is 10.2 Å². The lowest BCUT2D eigenvalue weighted by molar-refractivity contribution is -0.133. The van der Waals surface area contributed by atoms with Crippen molar-refractivity contribution in [2.75, 3.05) is 20.1 Å². The Labute approximate surface area is 117 Å². The fourth-order valence-corrected chi connectivity index (χ4v) is 4.54. The number of nitrogens with zero attached hydrogens (tertiary/aromatic N) is 1. The van der Waals surface area contributed by atoms with E-state index in [1.165, 1.54) is 51.4 Å². The Morgan fingerprint density at radius 3 is 2.68 bits per heavy atom. The molecule has 0 bridgehead atoms. The van der Waals surface area contributed by atoms with Gasteiger partial charge < -0.3 is 10.2 Å². The molecule has 1 amide bonds. The summed E-state index contributed by atoms with van der Waals surface area (Å²) in [4.78, 5) is 14.6. The van der Waals surface area contributed by atoms with Crippen molar-refractivity contribution in [3.05, 3.63) is 0 Å². The standard InChI is InChI=1S/C16H28N2O/c1-18(11-12-6-3-2-4-7-12)16(19)15-14-9-5-8-13(14)10-17-15/h12-15,17H,2-11H2,1H3. The molecule has 1 heterocycles. The lowest BCUT2D eigenvalue weighted by atomic mass is 9.88. The second-order valence-electron chi connectivity index (χ2n) is 6.96. The van der Waals surface area contributed by atoms with Gasteiger partial charge in [-0.2, -0.15) is 0 Å². The molecule has 0 radical (unpaired) electrons. The van der Waals surface area contributed by atoms with Gasteiger partial charge in [0.25, 0.3) is 0 Å². The Morgan fingerprint density at radius 2 is 1.89 bits per heavy atom. The van der Waals surface area contributed by atoms with E-state index in [0.717, 1.165) is 24.9 Å². The molecule has 1 saturated heterocycles. The molecule has 0 aromatic heterocycles. The Balaban J connectivity index is 1.54. The zero-order valence-corrected chi connectivity index (χ0v) is 12.2. The summed E-state index contributed by atoms with van der Waals surface area (Å²) in [6.45, 7) is 2.05. The van der Waals surface area contributed by atoms with Crippen LogP contribution < -0.4 is 5.32 Å². The molecule has 19 heavy (non-hydrogen) atoms. The molecule has 2 saturated carbocycles. The van der Waals surface area contributed by atoms with Crippen molar-refractivity contribution in [1.29, 1.82) is 0 Å². The molecule has 1 aliphatic heterocycles.